The van der Waals surface area contributed by atoms with Crippen LogP contribution in [0, 0.1) is 0 Å². The van der Waals surface area contributed by atoms with Crippen LogP contribution in [0.15, 0.2) is 109 Å². The van der Waals surface area contributed by atoms with E-state index in [1.807, 2.05) is 59.7 Å². The van der Waals surface area contributed by atoms with E-state index in [1.54, 1.807) is 72.8 Å². The van der Waals surface area contributed by atoms with Crippen molar-refractivity contribution in [2.24, 2.45) is 0 Å². The van der Waals surface area contributed by atoms with Crippen LogP contribution in [0.3, 0.4) is 0 Å². The second-order valence-corrected chi connectivity index (χ2v) is 7.26. The van der Waals surface area contributed by atoms with Crippen LogP contribution in [-0.4, -0.2) is 17.7 Å². The molecule has 0 heterocycles. The molecule has 0 bridgehead atoms. The highest BCUT2D eigenvalue weighted by atomic mass is 16.2. The largest absolute Gasteiger partial charge is 0.322 e. The lowest BCUT2D eigenvalue weighted by atomic mass is 10.0. The van der Waals surface area contributed by atoms with Crippen molar-refractivity contribution in [3.63, 3.8) is 0 Å². The average molecular weight is 526 g/mol. The number of carbonyl (C=O) groups excluding carboxylic acids is 3. The minimum absolute atomic E-state index is 0.192. The molecule has 0 aliphatic rings. The maximum absolute atomic E-state index is 12.9. The highest BCUT2D eigenvalue weighted by Gasteiger charge is 2.17. The van der Waals surface area contributed by atoms with Crippen molar-refractivity contribution in [2.45, 2.75) is 41.5 Å². The third-order valence-corrected chi connectivity index (χ3v) is 4.81. The summed E-state index contributed by atoms with van der Waals surface area (Å²) in [5, 5.41) is 8.36. The van der Waals surface area contributed by atoms with Crippen molar-refractivity contribution < 1.29 is 14.4 Å². The fourth-order valence-corrected chi connectivity index (χ4v) is 3.20. The molecule has 0 atom stereocenters. The molecule has 0 saturated heterocycles. The van der Waals surface area contributed by atoms with Gasteiger partial charge in [0, 0.05) is 33.8 Å². The highest BCUT2D eigenvalue weighted by molar-refractivity contribution is 6.12. The number of anilines is 3. The molecule has 0 aromatic heterocycles. The van der Waals surface area contributed by atoms with Crippen LogP contribution in [-0.2, 0) is 0 Å². The standard InChI is InChI=1S/C27H21N3O3.3C2H6/c31-25(28-22-10-4-1-5-11-22)19-16-20(26(32)29-23-12-6-2-7-13-23)18-21(17-19)27(33)30-24-14-8-3-9-15-24;3*1-2/h1-18H,(H,28,31)(H,29,32)(H,30,33);3*1-2H3. The van der Waals surface area contributed by atoms with Crippen LogP contribution < -0.4 is 16.0 Å². The van der Waals surface area contributed by atoms with E-state index >= 15 is 0 Å². The molecule has 0 saturated carbocycles. The summed E-state index contributed by atoms with van der Waals surface area (Å²) in [4.78, 5) is 38.7. The predicted octanol–water partition coefficient (Wildman–Crippen LogP) is 8.52. The van der Waals surface area contributed by atoms with Crippen LogP contribution in [0.1, 0.15) is 72.6 Å². The second-order valence-electron chi connectivity index (χ2n) is 7.26. The highest BCUT2D eigenvalue weighted by Crippen LogP contribution is 2.17. The first-order chi connectivity index (χ1) is 19.1. The molecular weight excluding hydrogens is 486 g/mol. The zero-order valence-electron chi connectivity index (χ0n) is 23.6. The zero-order valence-corrected chi connectivity index (χ0v) is 23.6. The van der Waals surface area contributed by atoms with Gasteiger partial charge in [-0.1, -0.05) is 96.1 Å². The molecule has 0 aliphatic carbocycles. The fraction of sp³-hybridized carbons (Fsp3) is 0.182. The molecule has 6 nitrogen and oxygen atoms in total. The zero-order chi connectivity index (χ0) is 29.0. The third-order valence-electron chi connectivity index (χ3n) is 4.81. The number of rotatable bonds is 6. The minimum atomic E-state index is -0.427. The van der Waals surface area contributed by atoms with E-state index in [2.05, 4.69) is 16.0 Å². The normalized spacial score (nSPS) is 9.08. The summed E-state index contributed by atoms with van der Waals surface area (Å²) in [6, 6.07) is 31.3. The van der Waals surface area contributed by atoms with Gasteiger partial charge >= 0.3 is 0 Å². The summed E-state index contributed by atoms with van der Waals surface area (Å²) in [5.74, 6) is -1.28. The number of para-hydroxylation sites is 3. The van der Waals surface area contributed by atoms with Crippen LogP contribution in [0.25, 0.3) is 0 Å². The molecule has 6 heteroatoms. The summed E-state index contributed by atoms with van der Waals surface area (Å²) in [6.45, 7) is 12.0. The Morgan fingerprint density at radius 2 is 0.590 bits per heavy atom. The molecule has 4 aromatic rings. The lowest BCUT2D eigenvalue weighted by molar-refractivity contribution is 0.102. The smallest absolute Gasteiger partial charge is 0.255 e. The summed E-state index contributed by atoms with van der Waals surface area (Å²) in [6.07, 6.45) is 0. The molecule has 0 fully saturated rings. The summed E-state index contributed by atoms with van der Waals surface area (Å²) in [5.41, 5.74) is 2.40. The molecular formula is C33H39N3O3. The van der Waals surface area contributed by atoms with Gasteiger partial charge in [-0.25, -0.2) is 0 Å². The Bertz CT molecular complexity index is 1100. The molecule has 0 unspecified atom stereocenters. The van der Waals surface area contributed by atoms with Crippen molar-refractivity contribution in [3.8, 4) is 0 Å². The van der Waals surface area contributed by atoms with E-state index < -0.39 is 17.7 Å². The van der Waals surface area contributed by atoms with E-state index in [0.29, 0.717) is 17.1 Å². The van der Waals surface area contributed by atoms with E-state index in [-0.39, 0.29) is 16.7 Å². The molecule has 4 aromatic carbocycles. The van der Waals surface area contributed by atoms with Crippen LogP contribution in [0.5, 0.6) is 0 Å². The lowest BCUT2D eigenvalue weighted by Crippen LogP contribution is -2.19. The Kier molecular flexibility index (Phi) is 15.3. The van der Waals surface area contributed by atoms with Gasteiger partial charge in [-0.15, -0.1) is 0 Å². The fourth-order valence-electron chi connectivity index (χ4n) is 3.20. The third kappa shape index (κ3) is 10.7. The monoisotopic (exact) mass is 525 g/mol. The average Bonchev–Trinajstić information content (AvgIpc) is 3.01. The first-order valence-electron chi connectivity index (χ1n) is 13.3. The van der Waals surface area contributed by atoms with Gasteiger partial charge in [-0.05, 0) is 54.6 Å². The SMILES string of the molecule is CC.CC.CC.O=C(Nc1ccccc1)c1cc(C(=O)Nc2ccccc2)cc(C(=O)Nc2ccccc2)c1. The Labute approximate surface area is 232 Å². The molecule has 3 amide bonds. The number of amides is 3. The van der Waals surface area contributed by atoms with Crippen molar-refractivity contribution in [1.29, 1.82) is 0 Å². The van der Waals surface area contributed by atoms with Gasteiger partial charge in [0.15, 0.2) is 0 Å². The number of carbonyl (C=O) groups is 3. The van der Waals surface area contributed by atoms with Crippen molar-refractivity contribution >= 4 is 34.8 Å². The Balaban J connectivity index is 0.00000119. The van der Waals surface area contributed by atoms with Gasteiger partial charge in [-0.2, -0.15) is 0 Å². The van der Waals surface area contributed by atoms with Gasteiger partial charge in [0.1, 0.15) is 0 Å². The first-order valence-corrected chi connectivity index (χ1v) is 13.3. The Morgan fingerprint density at radius 3 is 0.795 bits per heavy atom. The molecule has 204 valence electrons. The molecule has 39 heavy (non-hydrogen) atoms. The second kappa shape index (κ2) is 18.5. The molecule has 4 rings (SSSR count). The van der Waals surface area contributed by atoms with Crippen LogP contribution in [0.2, 0.25) is 0 Å². The van der Waals surface area contributed by atoms with Gasteiger partial charge in [0.2, 0.25) is 0 Å². The quantitative estimate of drug-likeness (QED) is 0.236. The number of hydrogen-bond donors (Lipinski definition) is 3. The summed E-state index contributed by atoms with van der Waals surface area (Å²) in [7, 11) is 0. The number of hydrogen-bond acceptors (Lipinski definition) is 3. The number of benzene rings is 4. The van der Waals surface area contributed by atoms with Crippen molar-refractivity contribution in [3.05, 3.63) is 126 Å². The topological polar surface area (TPSA) is 87.3 Å². The lowest BCUT2D eigenvalue weighted by Gasteiger charge is -2.12. The first kappa shape index (κ1) is 32.3. The molecule has 0 radical (unpaired) electrons. The molecule has 0 aliphatic heterocycles. The van der Waals surface area contributed by atoms with E-state index in [4.69, 9.17) is 0 Å². The van der Waals surface area contributed by atoms with Gasteiger partial charge in [-0.3, -0.25) is 14.4 Å². The van der Waals surface area contributed by atoms with E-state index in [1.165, 1.54) is 18.2 Å². The summed E-state index contributed by atoms with van der Waals surface area (Å²) < 4.78 is 0. The van der Waals surface area contributed by atoms with Crippen LogP contribution in [0.4, 0.5) is 17.1 Å². The van der Waals surface area contributed by atoms with Crippen LogP contribution >= 0.6 is 0 Å². The van der Waals surface area contributed by atoms with E-state index in [0.717, 1.165) is 0 Å². The minimum Gasteiger partial charge on any atom is -0.322 e. The molecule has 3 N–H and O–H groups in total. The number of nitrogens with one attached hydrogen (secondary N) is 3. The Morgan fingerprint density at radius 1 is 0.385 bits per heavy atom. The van der Waals surface area contributed by atoms with Gasteiger partial charge in [0.05, 0.1) is 0 Å². The van der Waals surface area contributed by atoms with Gasteiger partial charge < -0.3 is 16.0 Å². The molecule has 0 spiro atoms. The van der Waals surface area contributed by atoms with Crippen molar-refractivity contribution in [1.82, 2.24) is 0 Å². The van der Waals surface area contributed by atoms with E-state index in [9.17, 15) is 14.4 Å². The van der Waals surface area contributed by atoms with Crippen molar-refractivity contribution in [2.75, 3.05) is 16.0 Å². The maximum atomic E-state index is 12.9. The predicted molar refractivity (Wildman–Crippen MR) is 164 cm³/mol. The Hall–Kier alpha value is -4.71. The van der Waals surface area contributed by atoms with Gasteiger partial charge in [0.25, 0.3) is 17.7 Å². The maximum Gasteiger partial charge on any atom is 0.255 e. The summed E-state index contributed by atoms with van der Waals surface area (Å²) >= 11 is 0.